The lowest BCUT2D eigenvalue weighted by molar-refractivity contribution is -0.0446. The van der Waals surface area contributed by atoms with Gasteiger partial charge in [-0.05, 0) is 55.0 Å². The van der Waals surface area contributed by atoms with Gasteiger partial charge < -0.3 is 24.6 Å². The van der Waals surface area contributed by atoms with E-state index in [9.17, 15) is 18.3 Å². The van der Waals surface area contributed by atoms with Crippen molar-refractivity contribution in [1.29, 1.82) is 0 Å². The molecule has 3 aromatic carbocycles. The Morgan fingerprint density at radius 1 is 1.08 bits per heavy atom. The second-order valence-electron chi connectivity index (χ2n) is 11.5. The summed E-state index contributed by atoms with van der Waals surface area (Å²) in [5.41, 5.74) is 0.659. The summed E-state index contributed by atoms with van der Waals surface area (Å²) in [6.45, 7) is 2.21. The zero-order valence-corrected chi connectivity index (χ0v) is 27.8. The Bertz CT molecular complexity index is 2410. The number of anilines is 3. The number of rotatable bonds is 8. The Morgan fingerprint density at radius 2 is 1.90 bits per heavy atom. The molecule has 0 saturated carbocycles. The monoisotopic (exact) mass is 719 g/mol. The van der Waals surface area contributed by atoms with E-state index in [1.54, 1.807) is 27.8 Å². The van der Waals surface area contributed by atoms with E-state index in [2.05, 4.69) is 20.0 Å². The molecule has 0 bridgehead atoms. The summed E-state index contributed by atoms with van der Waals surface area (Å²) in [7, 11) is -4.31. The quantitative estimate of drug-likeness (QED) is 0.183. The Hall–Kier alpha value is -5.22. The minimum atomic E-state index is -4.31. The molecule has 4 heterocycles. The van der Waals surface area contributed by atoms with Crippen LogP contribution in [0.3, 0.4) is 0 Å². The van der Waals surface area contributed by atoms with Crippen molar-refractivity contribution in [2.45, 2.75) is 17.9 Å². The summed E-state index contributed by atoms with van der Waals surface area (Å²) in [6, 6.07) is 16.8. The number of sulfonamides is 1. The molecule has 1 atom stereocenters. The Morgan fingerprint density at radius 3 is 2.72 bits per heavy atom. The lowest BCUT2D eigenvalue weighted by Crippen LogP contribution is -2.46. The van der Waals surface area contributed by atoms with Crippen LogP contribution in [0.15, 0.2) is 84.1 Å². The van der Waals surface area contributed by atoms with Gasteiger partial charge >= 0.3 is 0 Å². The molecule has 16 heteroatoms. The highest BCUT2D eigenvalue weighted by Crippen LogP contribution is 2.33. The number of nitrogens with one attached hydrogen (secondary N) is 2. The SMILES string of the molecule is Cc1c(Cl)cccc1S(=O)(=O)Nc1ccc(F)c(Nc2ncnc3ccc(-n4cc(C(=O)N5CCO[C@@H](CO)C5)c5ccccc54)nc23)c1F. The summed E-state index contributed by atoms with van der Waals surface area (Å²) in [6.07, 6.45) is 2.38. The molecule has 0 spiro atoms. The normalized spacial score (nSPS) is 15.1. The van der Waals surface area contributed by atoms with Crippen LogP contribution in [0.4, 0.5) is 26.0 Å². The largest absolute Gasteiger partial charge is 0.394 e. The third kappa shape index (κ3) is 6.08. The van der Waals surface area contributed by atoms with E-state index in [0.717, 1.165) is 12.1 Å². The third-order valence-corrected chi connectivity index (χ3v) is 10.3. The molecule has 50 heavy (non-hydrogen) atoms. The van der Waals surface area contributed by atoms with Gasteiger partial charge in [0.1, 0.15) is 29.2 Å². The molecule has 1 fully saturated rings. The fourth-order valence-corrected chi connectivity index (χ4v) is 7.38. The van der Waals surface area contributed by atoms with E-state index in [-0.39, 0.29) is 45.9 Å². The van der Waals surface area contributed by atoms with Gasteiger partial charge in [-0.1, -0.05) is 35.9 Å². The van der Waals surface area contributed by atoms with E-state index < -0.39 is 39.1 Å². The number of aromatic nitrogens is 4. The predicted octanol–water partition coefficient (Wildman–Crippen LogP) is 5.59. The van der Waals surface area contributed by atoms with Gasteiger partial charge in [-0.3, -0.25) is 9.52 Å². The molecule has 6 aromatic rings. The van der Waals surface area contributed by atoms with Crippen LogP contribution in [-0.4, -0.2) is 76.3 Å². The number of hydrogen-bond donors (Lipinski definition) is 3. The number of ether oxygens (including phenoxy) is 1. The van der Waals surface area contributed by atoms with Crippen molar-refractivity contribution >= 4 is 66.7 Å². The first-order valence-corrected chi connectivity index (χ1v) is 17.2. The average molecular weight is 720 g/mol. The smallest absolute Gasteiger partial charge is 0.262 e. The fraction of sp³-hybridized carbons (Fsp3) is 0.176. The topological polar surface area (TPSA) is 152 Å². The van der Waals surface area contributed by atoms with Gasteiger partial charge in [0.15, 0.2) is 11.6 Å². The minimum Gasteiger partial charge on any atom is -0.394 e. The number of morpholine rings is 1. The third-order valence-electron chi connectivity index (χ3n) is 8.37. The summed E-state index contributed by atoms with van der Waals surface area (Å²) < 4.78 is 66.8. The van der Waals surface area contributed by atoms with E-state index in [4.69, 9.17) is 21.3 Å². The number of benzene rings is 3. The molecule has 256 valence electrons. The molecular weight excluding hydrogens is 692 g/mol. The van der Waals surface area contributed by atoms with Gasteiger partial charge in [-0.25, -0.2) is 32.2 Å². The summed E-state index contributed by atoms with van der Waals surface area (Å²) in [5, 5.41) is 13.1. The molecule has 0 radical (unpaired) electrons. The maximum atomic E-state index is 15.9. The number of halogens is 3. The first-order valence-electron chi connectivity index (χ1n) is 15.3. The van der Waals surface area contributed by atoms with Crippen molar-refractivity contribution in [3.63, 3.8) is 0 Å². The van der Waals surface area contributed by atoms with Crippen molar-refractivity contribution < 1.29 is 31.8 Å². The Labute approximate surface area is 289 Å². The van der Waals surface area contributed by atoms with Gasteiger partial charge in [-0.2, -0.15) is 0 Å². The van der Waals surface area contributed by atoms with E-state index in [1.165, 1.54) is 31.5 Å². The molecule has 12 nitrogen and oxygen atoms in total. The number of hydrogen-bond acceptors (Lipinski definition) is 9. The van der Waals surface area contributed by atoms with Crippen LogP contribution in [0.5, 0.6) is 0 Å². The number of fused-ring (bicyclic) bond motifs is 2. The Balaban J connectivity index is 1.25. The van der Waals surface area contributed by atoms with Crippen LogP contribution in [0, 0.1) is 18.6 Å². The predicted molar refractivity (Wildman–Crippen MR) is 184 cm³/mol. The van der Waals surface area contributed by atoms with Gasteiger partial charge in [0.05, 0.1) is 46.5 Å². The first kappa shape index (κ1) is 33.3. The van der Waals surface area contributed by atoms with Crippen LogP contribution < -0.4 is 10.0 Å². The molecule has 0 unspecified atom stereocenters. The molecular formula is C34H28ClF2N7O5S. The maximum Gasteiger partial charge on any atom is 0.262 e. The summed E-state index contributed by atoms with van der Waals surface area (Å²) >= 11 is 6.10. The lowest BCUT2D eigenvalue weighted by atomic mass is 10.1. The molecule has 1 aliphatic heterocycles. The second kappa shape index (κ2) is 13.2. The highest BCUT2D eigenvalue weighted by Gasteiger charge is 2.28. The van der Waals surface area contributed by atoms with Crippen LogP contribution in [-0.2, 0) is 14.8 Å². The zero-order valence-electron chi connectivity index (χ0n) is 26.3. The summed E-state index contributed by atoms with van der Waals surface area (Å²) in [4.78, 5) is 28.3. The van der Waals surface area contributed by atoms with Crippen molar-refractivity contribution in [1.82, 2.24) is 24.4 Å². The number of aliphatic hydroxyl groups is 1. The van der Waals surface area contributed by atoms with Crippen molar-refractivity contribution in [2.24, 2.45) is 0 Å². The van der Waals surface area contributed by atoms with E-state index >= 15 is 8.78 Å². The van der Waals surface area contributed by atoms with Crippen molar-refractivity contribution in [2.75, 3.05) is 36.3 Å². The zero-order chi connectivity index (χ0) is 35.2. The molecule has 3 N–H and O–H groups in total. The Kier molecular flexibility index (Phi) is 8.82. The fourth-order valence-electron chi connectivity index (χ4n) is 5.82. The van der Waals surface area contributed by atoms with Crippen LogP contribution in [0.25, 0.3) is 27.8 Å². The van der Waals surface area contributed by atoms with Gasteiger partial charge in [0.25, 0.3) is 15.9 Å². The van der Waals surface area contributed by atoms with E-state index in [1.807, 2.05) is 24.3 Å². The number of carbonyl (C=O) groups is 1. The number of nitrogens with zero attached hydrogens (tertiary/aromatic N) is 5. The number of carbonyl (C=O) groups excluding carboxylic acids is 1. The van der Waals surface area contributed by atoms with Gasteiger partial charge in [0.2, 0.25) is 0 Å². The maximum absolute atomic E-state index is 15.9. The van der Waals surface area contributed by atoms with Crippen LogP contribution >= 0.6 is 11.6 Å². The number of para-hydroxylation sites is 1. The first-order chi connectivity index (χ1) is 24.1. The second-order valence-corrected chi connectivity index (χ2v) is 13.6. The number of pyridine rings is 1. The molecule has 0 aliphatic carbocycles. The van der Waals surface area contributed by atoms with Crippen molar-refractivity contribution in [3.8, 4) is 5.82 Å². The van der Waals surface area contributed by atoms with E-state index in [0.29, 0.717) is 41.0 Å². The van der Waals surface area contributed by atoms with Crippen molar-refractivity contribution in [3.05, 3.63) is 107 Å². The standard InChI is InChI=1S/C34H28ClF2N7O5S/c1-19-23(35)6-4-8-28(19)50(47,48)42-25-10-9-24(36)31(30(25)37)41-33-32-26(38-18-39-33)11-12-29(40-32)44-16-22(21-5-2-3-7-27(21)44)34(46)43-13-14-49-20(15-43)17-45/h2-12,16,18,20,42,45H,13-15,17H2,1H3,(H,38,39,41)/t20-/m1/s1. The lowest BCUT2D eigenvalue weighted by Gasteiger charge is -2.32. The van der Waals surface area contributed by atoms with Gasteiger partial charge in [-0.15, -0.1) is 0 Å². The minimum absolute atomic E-state index is 0.0588. The molecule has 1 saturated heterocycles. The number of aliphatic hydroxyl groups excluding tert-OH is 1. The molecule has 1 amide bonds. The molecule has 1 aliphatic rings. The van der Waals surface area contributed by atoms with Gasteiger partial charge in [0, 0.05) is 29.7 Å². The highest BCUT2D eigenvalue weighted by atomic mass is 35.5. The van der Waals surface area contributed by atoms with Crippen LogP contribution in [0.2, 0.25) is 5.02 Å². The average Bonchev–Trinajstić information content (AvgIpc) is 3.51. The molecule has 3 aromatic heterocycles. The number of amides is 1. The highest BCUT2D eigenvalue weighted by molar-refractivity contribution is 7.92. The van der Waals surface area contributed by atoms with Crippen LogP contribution in [0.1, 0.15) is 15.9 Å². The molecule has 7 rings (SSSR count). The summed E-state index contributed by atoms with van der Waals surface area (Å²) in [5.74, 6) is -2.17.